The van der Waals surface area contributed by atoms with Gasteiger partial charge < -0.3 is 0 Å². The van der Waals surface area contributed by atoms with Crippen molar-refractivity contribution in [2.24, 2.45) is 5.92 Å². The summed E-state index contributed by atoms with van der Waals surface area (Å²) in [4.78, 5) is 9.42. The number of carbonyl (C=O) groups is 1. The summed E-state index contributed by atoms with van der Waals surface area (Å²) in [7, 11) is -4.49. The summed E-state index contributed by atoms with van der Waals surface area (Å²) in [6.45, 7) is 0.863. The Morgan fingerprint density at radius 2 is 1.58 bits per heavy atom. The highest BCUT2D eigenvalue weighted by Crippen LogP contribution is 2.49. The van der Waals surface area contributed by atoms with Gasteiger partial charge >= 0.3 is 12.4 Å². The maximum Gasteiger partial charge on any atom is 0.416 e. The molecule has 2 aromatic carbocycles. The van der Waals surface area contributed by atoms with Gasteiger partial charge in [0.2, 0.25) is 0 Å². The molecule has 12 heteroatoms. The number of carbonyl (C=O) groups excluding carboxylic acids is 1. The van der Waals surface area contributed by atoms with Crippen LogP contribution in [0.3, 0.4) is 0 Å². The maximum absolute atomic E-state index is 13.7. The Hall–Kier alpha value is -2.27. The van der Waals surface area contributed by atoms with Crippen molar-refractivity contribution in [2.75, 3.05) is 10.8 Å². The number of hydrogen-bond acceptors (Lipinski definition) is 3. The van der Waals surface area contributed by atoms with Crippen LogP contribution in [0.4, 0.5) is 32.0 Å². The zero-order chi connectivity index (χ0) is 26.9. The van der Waals surface area contributed by atoms with E-state index in [0.29, 0.717) is 25.0 Å². The normalized spacial score (nSPS) is 21.3. The number of Topliss-reactive ketones (excluding diaryl/α,β-unsaturated/α-hetero) is 1. The molecule has 1 aliphatic carbocycles. The summed E-state index contributed by atoms with van der Waals surface area (Å²) in [5.74, 6) is -2.11. The van der Waals surface area contributed by atoms with E-state index in [0.717, 1.165) is 16.4 Å². The maximum atomic E-state index is 13.7. The Kier molecular flexibility index (Phi) is 8.05. The van der Waals surface area contributed by atoms with Gasteiger partial charge in [0.15, 0.2) is 5.78 Å². The molecular weight excluding hydrogens is 532 g/mol. The minimum Gasteiger partial charge on any atom is -0.295 e. The third kappa shape index (κ3) is 6.16. The second-order valence-corrected chi connectivity index (χ2v) is 11.4. The minimum absolute atomic E-state index is 0.0379. The number of rotatable bonds is 7. The number of hydrogen-bond donors (Lipinski definition) is 0. The van der Waals surface area contributed by atoms with E-state index in [9.17, 15) is 39.6 Å². The number of nitrogens with zero attached hydrogens (tertiary/aromatic N) is 1. The molecule has 0 N–H and O–H groups in total. The van der Waals surface area contributed by atoms with Crippen molar-refractivity contribution < 1.29 is 39.6 Å². The number of benzene rings is 2. The highest BCUT2D eigenvalue weighted by Gasteiger charge is 2.53. The Bertz CT molecular complexity index is 1180. The van der Waals surface area contributed by atoms with Crippen LogP contribution in [0, 0.1) is 5.92 Å². The molecule has 1 fully saturated rings. The van der Waals surface area contributed by atoms with Crippen molar-refractivity contribution in [1.29, 1.82) is 0 Å². The molecule has 0 bridgehead atoms. The van der Waals surface area contributed by atoms with E-state index in [1.807, 2.05) is 0 Å². The molecule has 198 valence electrons. The molecule has 1 saturated carbocycles. The van der Waals surface area contributed by atoms with Gasteiger partial charge in [0.05, 0.1) is 26.9 Å². The molecule has 1 aliphatic rings. The Morgan fingerprint density at radius 3 is 2.08 bits per heavy atom. The molecule has 4 nitrogen and oxygen atoms in total. The number of halogens is 7. The van der Waals surface area contributed by atoms with Crippen molar-refractivity contribution in [2.45, 2.75) is 61.2 Å². The topological polar surface area (TPSA) is 54.5 Å². The van der Waals surface area contributed by atoms with Crippen molar-refractivity contribution in [3.8, 4) is 0 Å². The highest BCUT2D eigenvalue weighted by atomic mass is 35.5. The van der Waals surface area contributed by atoms with Crippen LogP contribution in [0.2, 0.25) is 0 Å². The molecule has 2 aromatic rings. The lowest BCUT2D eigenvalue weighted by Gasteiger charge is -2.41. The molecule has 0 heterocycles. The van der Waals surface area contributed by atoms with Gasteiger partial charge in [-0.15, -0.1) is 11.6 Å². The lowest BCUT2D eigenvalue weighted by molar-refractivity contribution is -0.191. The van der Waals surface area contributed by atoms with Gasteiger partial charge in [-0.2, -0.15) is 26.3 Å². The third-order valence-corrected chi connectivity index (χ3v) is 8.90. The van der Waals surface area contributed by atoms with Crippen LogP contribution >= 0.6 is 11.6 Å². The highest BCUT2D eigenvalue weighted by molar-refractivity contribution is 7.92. The molecule has 0 saturated heterocycles. The van der Waals surface area contributed by atoms with Gasteiger partial charge in [-0.1, -0.05) is 12.8 Å². The fourth-order valence-electron chi connectivity index (χ4n) is 4.44. The quantitative estimate of drug-likeness (QED) is 0.206. The fraction of sp³-hybridized carbons (Fsp3) is 0.458. The molecule has 36 heavy (non-hydrogen) atoms. The van der Waals surface area contributed by atoms with Crippen LogP contribution in [-0.4, -0.2) is 31.8 Å². The van der Waals surface area contributed by atoms with Crippen molar-refractivity contribution >= 4 is 33.1 Å². The molecule has 0 radical (unpaired) electrons. The smallest absolute Gasteiger partial charge is 0.295 e. The molecule has 0 amide bonds. The fourth-order valence-corrected chi connectivity index (χ4v) is 6.35. The SMILES string of the molecule is CC(=O)c1ccc(N(CCC2(Cl)CCCCC2C(F)(F)F)S(=O)(=O)c2ccc(C(F)(F)F)cc2)cc1. The van der Waals surface area contributed by atoms with E-state index in [4.69, 9.17) is 11.6 Å². The van der Waals surface area contributed by atoms with Gasteiger partial charge in [0.25, 0.3) is 10.0 Å². The Morgan fingerprint density at radius 1 is 1.00 bits per heavy atom. The number of ketones is 1. The zero-order valence-corrected chi connectivity index (χ0v) is 20.7. The summed E-state index contributed by atoms with van der Waals surface area (Å²) in [5, 5.41) is 0. The second kappa shape index (κ2) is 10.2. The second-order valence-electron chi connectivity index (χ2n) is 8.83. The number of alkyl halides is 7. The van der Waals surface area contributed by atoms with Gasteiger partial charge in [-0.25, -0.2) is 8.42 Å². The van der Waals surface area contributed by atoms with E-state index < -0.39 is 50.2 Å². The molecule has 2 unspecified atom stereocenters. The van der Waals surface area contributed by atoms with Crippen LogP contribution in [0.1, 0.15) is 54.9 Å². The molecule has 0 aromatic heterocycles. The first-order valence-electron chi connectivity index (χ1n) is 11.1. The third-order valence-electron chi connectivity index (χ3n) is 6.42. The van der Waals surface area contributed by atoms with Gasteiger partial charge in [-0.05, 0) is 74.7 Å². The molecular formula is C24H24ClF6NO3S. The van der Waals surface area contributed by atoms with E-state index in [1.165, 1.54) is 31.2 Å². The van der Waals surface area contributed by atoms with Gasteiger partial charge in [-0.3, -0.25) is 9.10 Å². The molecule has 3 rings (SSSR count). The van der Waals surface area contributed by atoms with E-state index in [2.05, 4.69) is 0 Å². The minimum atomic E-state index is -4.68. The zero-order valence-electron chi connectivity index (χ0n) is 19.2. The first kappa shape index (κ1) is 28.3. The number of sulfonamides is 1. The predicted octanol–water partition coefficient (Wildman–Crippen LogP) is 7.22. The van der Waals surface area contributed by atoms with Crippen LogP contribution in [0.15, 0.2) is 53.4 Å². The van der Waals surface area contributed by atoms with Crippen LogP contribution in [0.25, 0.3) is 0 Å². The lowest BCUT2D eigenvalue weighted by Crippen LogP contribution is -2.46. The van der Waals surface area contributed by atoms with Gasteiger partial charge in [0.1, 0.15) is 0 Å². The largest absolute Gasteiger partial charge is 0.416 e. The van der Waals surface area contributed by atoms with E-state index >= 15 is 0 Å². The van der Waals surface area contributed by atoms with Crippen molar-refractivity contribution in [1.82, 2.24) is 0 Å². The van der Waals surface area contributed by atoms with Crippen LogP contribution in [0.5, 0.6) is 0 Å². The van der Waals surface area contributed by atoms with Gasteiger partial charge in [0, 0.05) is 12.1 Å². The van der Waals surface area contributed by atoms with E-state index in [-0.39, 0.29) is 36.3 Å². The molecule has 0 aliphatic heterocycles. The average Bonchev–Trinajstić information content (AvgIpc) is 2.78. The first-order chi connectivity index (χ1) is 16.6. The standard InChI is InChI=1S/C24H24ClF6NO3S/c1-16(33)17-5-9-19(10-6-17)32(15-14-22(25)13-3-2-4-21(22)24(29,30)31)36(34,35)20-11-7-18(8-12-20)23(26,27)28/h5-12,21H,2-4,13-15H2,1H3. The average molecular weight is 556 g/mol. The summed E-state index contributed by atoms with van der Waals surface area (Å²) in [5.41, 5.74) is -0.725. The van der Waals surface area contributed by atoms with Crippen LogP contribution < -0.4 is 4.31 Å². The summed E-state index contributed by atoms with van der Waals surface area (Å²) in [6, 6.07) is 8.20. The lowest BCUT2D eigenvalue weighted by atomic mass is 9.76. The van der Waals surface area contributed by atoms with Crippen LogP contribution in [-0.2, 0) is 16.2 Å². The molecule has 2 atom stereocenters. The van der Waals surface area contributed by atoms with Crippen molar-refractivity contribution in [3.05, 3.63) is 59.7 Å². The summed E-state index contributed by atoms with van der Waals surface area (Å²) < 4.78 is 108. The Balaban J connectivity index is 2.00. The summed E-state index contributed by atoms with van der Waals surface area (Å²) >= 11 is 6.48. The summed E-state index contributed by atoms with van der Waals surface area (Å²) in [6.07, 6.45) is -8.92. The van der Waals surface area contributed by atoms with E-state index in [1.54, 1.807) is 0 Å². The molecule has 0 spiro atoms. The predicted molar refractivity (Wildman–Crippen MR) is 124 cm³/mol. The number of anilines is 1. The van der Waals surface area contributed by atoms with Crippen molar-refractivity contribution in [3.63, 3.8) is 0 Å². The first-order valence-corrected chi connectivity index (χ1v) is 12.9. The Labute approximate surface area is 210 Å². The monoisotopic (exact) mass is 555 g/mol.